The van der Waals surface area contributed by atoms with Crippen LogP contribution in [-0.2, 0) is 17.1 Å². The van der Waals surface area contributed by atoms with Crippen LogP contribution in [0.3, 0.4) is 0 Å². The van der Waals surface area contributed by atoms with E-state index >= 15 is 0 Å². The molecule has 1 fully saturated rings. The van der Waals surface area contributed by atoms with E-state index in [1.807, 2.05) is 6.92 Å². The van der Waals surface area contributed by atoms with Gasteiger partial charge in [-0.25, -0.2) is 13.2 Å². The van der Waals surface area contributed by atoms with E-state index in [1.165, 1.54) is 21.4 Å². The number of rotatable bonds is 4. The maximum atomic E-state index is 12.4. The number of hydrogen-bond donors (Lipinski definition) is 2. The lowest BCUT2D eigenvalue weighted by Gasteiger charge is -2.31. The summed E-state index contributed by atoms with van der Waals surface area (Å²) in [6, 6.07) is -0.192. The highest BCUT2D eigenvalue weighted by molar-refractivity contribution is 7.89. The predicted octanol–water partition coefficient (Wildman–Crippen LogP) is -0.108. The molecule has 9 heteroatoms. The number of amides is 2. The van der Waals surface area contributed by atoms with Gasteiger partial charge in [0.1, 0.15) is 4.90 Å². The zero-order valence-corrected chi connectivity index (χ0v) is 13.1. The summed E-state index contributed by atoms with van der Waals surface area (Å²) in [5, 5.41) is 9.42. The van der Waals surface area contributed by atoms with E-state index in [4.69, 9.17) is 0 Å². The molecular formula is C12H21N5O3S. The first-order chi connectivity index (χ1) is 9.93. The predicted molar refractivity (Wildman–Crippen MR) is 77.2 cm³/mol. The molecule has 0 aromatic carbocycles. The molecule has 1 aromatic heterocycles. The van der Waals surface area contributed by atoms with E-state index in [2.05, 4.69) is 15.7 Å². The summed E-state index contributed by atoms with van der Waals surface area (Å²) in [4.78, 5) is 11.7. The quantitative estimate of drug-likeness (QED) is 0.810. The van der Waals surface area contributed by atoms with Crippen LogP contribution >= 0.6 is 0 Å². The molecule has 0 unspecified atom stereocenters. The summed E-state index contributed by atoms with van der Waals surface area (Å²) >= 11 is 0. The Morgan fingerprint density at radius 1 is 1.43 bits per heavy atom. The minimum absolute atomic E-state index is 0.0110. The van der Waals surface area contributed by atoms with Gasteiger partial charge in [0.25, 0.3) is 0 Å². The third-order valence-corrected chi connectivity index (χ3v) is 5.30. The molecule has 21 heavy (non-hydrogen) atoms. The summed E-state index contributed by atoms with van der Waals surface area (Å²) < 4.78 is 27.7. The van der Waals surface area contributed by atoms with Crippen molar-refractivity contribution in [2.75, 3.05) is 19.6 Å². The Morgan fingerprint density at radius 3 is 2.62 bits per heavy atom. The Hall–Kier alpha value is -1.61. The molecule has 2 heterocycles. The topological polar surface area (TPSA) is 96.3 Å². The van der Waals surface area contributed by atoms with Gasteiger partial charge in [-0.15, -0.1) is 0 Å². The molecule has 0 spiro atoms. The van der Waals surface area contributed by atoms with Crippen molar-refractivity contribution < 1.29 is 13.2 Å². The van der Waals surface area contributed by atoms with E-state index in [0.717, 1.165) is 0 Å². The molecule has 118 valence electrons. The number of piperidine rings is 1. The number of urea groups is 1. The molecule has 2 amide bonds. The molecule has 0 aliphatic carbocycles. The first-order valence-corrected chi connectivity index (χ1v) is 8.40. The molecule has 0 atom stereocenters. The maximum Gasteiger partial charge on any atom is 0.314 e. The van der Waals surface area contributed by atoms with Gasteiger partial charge in [0.2, 0.25) is 10.0 Å². The first kappa shape index (κ1) is 15.8. The fourth-order valence-electron chi connectivity index (χ4n) is 2.32. The molecule has 0 radical (unpaired) electrons. The van der Waals surface area contributed by atoms with Crippen LogP contribution in [0, 0.1) is 0 Å². The van der Waals surface area contributed by atoms with Crippen molar-refractivity contribution in [1.29, 1.82) is 0 Å². The van der Waals surface area contributed by atoms with Crippen molar-refractivity contribution in [3.8, 4) is 0 Å². The number of sulfonamides is 1. The highest BCUT2D eigenvalue weighted by Gasteiger charge is 2.30. The number of aryl methyl sites for hydroxylation is 1. The monoisotopic (exact) mass is 315 g/mol. The lowest BCUT2D eigenvalue weighted by molar-refractivity contribution is 0.228. The van der Waals surface area contributed by atoms with Crippen molar-refractivity contribution >= 4 is 16.1 Å². The minimum atomic E-state index is -3.48. The second-order valence-electron chi connectivity index (χ2n) is 5.03. The van der Waals surface area contributed by atoms with Gasteiger partial charge in [-0.05, 0) is 19.8 Å². The molecule has 8 nitrogen and oxygen atoms in total. The number of carbonyl (C=O) groups excluding carboxylic acids is 1. The average molecular weight is 315 g/mol. The molecule has 2 rings (SSSR count). The molecular weight excluding hydrogens is 294 g/mol. The molecule has 1 aliphatic rings. The Kier molecular flexibility index (Phi) is 4.84. The Bertz CT molecular complexity index is 590. The average Bonchev–Trinajstić information content (AvgIpc) is 2.87. The third-order valence-electron chi connectivity index (χ3n) is 3.45. The minimum Gasteiger partial charge on any atom is -0.338 e. The molecule has 1 saturated heterocycles. The second kappa shape index (κ2) is 6.44. The smallest absolute Gasteiger partial charge is 0.314 e. The van der Waals surface area contributed by atoms with Crippen molar-refractivity contribution in [3.05, 3.63) is 12.4 Å². The van der Waals surface area contributed by atoms with Gasteiger partial charge in [-0.3, -0.25) is 4.68 Å². The van der Waals surface area contributed by atoms with Crippen LogP contribution in [0.1, 0.15) is 19.8 Å². The highest BCUT2D eigenvalue weighted by Crippen LogP contribution is 2.20. The lowest BCUT2D eigenvalue weighted by Crippen LogP contribution is -2.49. The lowest BCUT2D eigenvalue weighted by atomic mass is 10.1. The van der Waals surface area contributed by atoms with Gasteiger partial charge in [0.05, 0.1) is 6.20 Å². The van der Waals surface area contributed by atoms with Gasteiger partial charge in [-0.1, -0.05) is 0 Å². The molecule has 0 bridgehead atoms. The van der Waals surface area contributed by atoms with Crippen LogP contribution in [0.25, 0.3) is 0 Å². The molecule has 0 saturated carbocycles. The van der Waals surface area contributed by atoms with Gasteiger partial charge in [-0.2, -0.15) is 9.40 Å². The second-order valence-corrected chi connectivity index (χ2v) is 6.97. The fourth-order valence-corrected chi connectivity index (χ4v) is 3.77. The van der Waals surface area contributed by atoms with Crippen molar-refractivity contribution in [1.82, 2.24) is 24.7 Å². The van der Waals surface area contributed by atoms with Crippen LogP contribution in [-0.4, -0.2) is 54.2 Å². The van der Waals surface area contributed by atoms with Crippen molar-refractivity contribution in [2.24, 2.45) is 7.05 Å². The third kappa shape index (κ3) is 3.73. The summed E-state index contributed by atoms with van der Waals surface area (Å²) in [7, 11) is -1.80. The number of carbonyl (C=O) groups is 1. The Morgan fingerprint density at radius 2 is 2.10 bits per heavy atom. The van der Waals surface area contributed by atoms with Crippen LogP contribution in [0.2, 0.25) is 0 Å². The van der Waals surface area contributed by atoms with Crippen LogP contribution in [0.5, 0.6) is 0 Å². The summed E-state index contributed by atoms with van der Waals surface area (Å²) in [5.41, 5.74) is 0. The normalized spacial score (nSPS) is 17.6. The zero-order chi connectivity index (χ0) is 15.5. The first-order valence-electron chi connectivity index (χ1n) is 6.96. The van der Waals surface area contributed by atoms with E-state index < -0.39 is 10.0 Å². The molecule has 1 aromatic rings. The SMILES string of the molecule is CCNC(=O)NC1CCN(S(=O)(=O)c2cnn(C)c2)CC1. The fraction of sp³-hybridized carbons (Fsp3) is 0.667. The molecule has 2 N–H and O–H groups in total. The van der Waals surface area contributed by atoms with Gasteiger partial charge >= 0.3 is 6.03 Å². The Labute approximate surface area is 124 Å². The van der Waals surface area contributed by atoms with E-state index in [0.29, 0.717) is 32.5 Å². The summed E-state index contributed by atoms with van der Waals surface area (Å²) in [6.45, 7) is 3.21. The van der Waals surface area contributed by atoms with Gasteiger partial charge in [0, 0.05) is 38.9 Å². The largest absolute Gasteiger partial charge is 0.338 e. The number of nitrogens with zero attached hydrogens (tertiary/aromatic N) is 3. The van der Waals surface area contributed by atoms with Crippen molar-refractivity contribution in [3.63, 3.8) is 0 Å². The summed E-state index contributed by atoms with van der Waals surface area (Å²) in [6.07, 6.45) is 4.07. The van der Waals surface area contributed by atoms with E-state index in [1.54, 1.807) is 7.05 Å². The van der Waals surface area contributed by atoms with Crippen molar-refractivity contribution in [2.45, 2.75) is 30.7 Å². The van der Waals surface area contributed by atoms with Gasteiger partial charge < -0.3 is 10.6 Å². The highest BCUT2D eigenvalue weighted by atomic mass is 32.2. The van der Waals surface area contributed by atoms with Crippen LogP contribution < -0.4 is 10.6 Å². The van der Waals surface area contributed by atoms with E-state index in [9.17, 15) is 13.2 Å². The summed E-state index contributed by atoms with van der Waals surface area (Å²) in [5.74, 6) is 0. The zero-order valence-electron chi connectivity index (χ0n) is 12.2. The Balaban J connectivity index is 1.93. The number of aromatic nitrogens is 2. The molecule has 1 aliphatic heterocycles. The van der Waals surface area contributed by atoms with Crippen LogP contribution in [0.4, 0.5) is 4.79 Å². The van der Waals surface area contributed by atoms with Gasteiger partial charge in [0.15, 0.2) is 0 Å². The standard InChI is InChI=1S/C12H21N5O3S/c1-3-13-12(18)15-10-4-6-17(7-5-10)21(19,20)11-8-14-16(2)9-11/h8-10H,3-7H2,1-2H3,(H2,13,15,18). The number of nitrogens with one attached hydrogen (secondary N) is 2. The maximum absolute atomic E-state index is 12.4. The van der Waals surface area contributed by atoms with Crippen LogP contribution in [0.15, 0.2) is 17.3 Å². The van der Waals surface area contributed by atoms with E-state index in [-0.39, 0.29) is 17.0 Å². The number of hydrogen-bond acceptors (Lipinski definition) is 4.